The topological polar surface area (TPSA) is 121 Å². The minimum Gasteiger partial charge on any atom is -0.486 e. The number of carbonyl (C=O) groups is 2. The number of hydrogen-bond acceptors (Lipinski definition) is 7. The molecule has 2 N–H and O–H groups in total. The number of anilines is 1. The van der Waals surface area contributed by atoms with Crippen LogP contribution in [0.3, 0.4) is 0 Å². The van der Waals surface area contributed by atoms with Crippen molar-refractivity contribution in [1.29, 1.82) is 0 Å². The van der Waals surface area contributed by atoms with Gasteiger partial charge in [0.25, 0.3) is 0 Å². The number of imidazole rings is 1. The van der Waals surface area contributed by atoms with Gasteiger partial charge in [-0.25, -0.2) is 19.6 Å². The highest BCUT2D eigenvalue weighted by Crippen LogP contribution is 2.38. The zero-order chi connectivity index (χ0) is 28.8. The zero-order valence-corrected chi connectivity index (χ0v) is 21.8. The van der Waals surface area contributed by atoms with Crippen LogP contribution in [0.5, 0.6) is 0 Å². The van der Waals surface area contributed by atoms with Crippen LogP contribution in [0.15, 0.2) is 60.1 Å². The molecule has 0 bridgehead atoms. The Labute approximate surface area is 232 Å². The number of aromatic nitrogens is 3. The number of pyridine rings is 1. The summed E-state index contributed by atoms with van der Waals surface area (Å²) in [5.74, 6) is 0.706. The maximum Gasteiger partial charge on any atom is 0.416 e. The van der Waals surface area contributed by atoms with E-state index in [1.807, 2.05) is 12.1 Å². The Balaban J connectivity index is 1.08. The molecule has 3 aromatic rings. The molecule has 41 heavy (non-hydrogen) atoms. The lowest BCUT2D eigenvalue weighted by molar-refractivity contribution is -0.141. The Morgan fingerprint density at radius 3 is 2.61 bits per heavy atom. The maximum atomic E-state index is 13.0. The van der Waals surface area contributed by atoms with Crippen LogP contribution in [-0.2, 0) is 20.4 Å². The van der Waals surface area contributed by atoms with Gasteiger partial charge in [0.1, 0.15) is 17.2 Å². The normalized spacial score (nSPS) is 18.9. The van der Waals surface area contributed by atoms with Gasteiger partial charge in [0, 0.05) is 49.8 Å². The monoisotopic (exact) mass is 569 g/mol. The lowest BCUT2D eigenvalue weighted by Crippen LogP contribution is -2.47. The predicted molar refractivity (Wildman–Crippen MR) is 141 cm³/mol. The van der Waals surface area contributed by atoms with Crippen molar-refractivity contribution in [3.8, 4) is 11.4 Å². The molecule has 4 heterocycles. The number of carbonyl (C=O) groups excluding carboxylic acids is 1. The highest BCUT2D eigenvalue weighted by Gasteiger charge is 2.48. The standard InChI is InChI=1S/C28H26F3N5O5/c29-28(30,31)18-2-7-21-22(13-18)34-25(33-21)17-1-8-23(32-14-17)35-11-9-27(10-12-35)16-36(26(39)41-27)19-3-5-20(6-4-19)40-15-24(37)38/h1-3,5,7-8,13-14H,4,6,9-12,15-16H2,(H,33,34)(H,37,38). The lowest BCUT2D eigenvalue weighted by Gasteiger charge is -2.38. The molecule has 2 aromatic heterocycles. The van der Waals surface area contributed by atoms with Gasteiger partial charge in [0.05, 0.1) is 28.9 Å². The first-order valence-electron chi connectivity index (χ1n) is 13.1. The van der Waals surface area contributed by atoms with Gasteiger partial charge in [-0.1, -0.05) is 0 Å². The van der Waals surface area contributed by atoms with Crippen LogP contribution in [0.4, 0.5) is 23.8 Å². The Bertz CT molecular complexity index is 1560. The third-order valence-electron chi connectivity index (χ3n) is 7.62. The summed E-state index contributed by atoms with van der Waals surface area (Å²) >= 11 is 0. The number of hydrogen-bond donors (Lipinski definition) is 2. The quantitative estimate of drug-likeness (QED) is 0.421. The van der Waals surface area contributed by atoms with Crippen LogP contribution in [0.1, 0.15) is 31.2 Å². The van der Waals surface area contributed by atoms with E-state index in [2.05, 4.69) is 19.9 Å². The number of halogens is 3. The molecule has 2 fully saturated rings. The van der Waals surface area contributed by atoms with Crippen molar-refractivity contribution in [1.82, 2.24) is 19.9 Å². The number of aliphatic carboxylic acids is 1. The molecule has 13 heteroatoms. The molecule has 0 saturated carbocycles. The number of benzene rings is 1. The van der Waals surface area contributed by atoms with E-state index in [0.717, 1.165) is 23.6 Å². The average Bonchev–Trinajstić information content (AvgIpc) is 3.52. The molecule has 1 amide bonds. The number of rotatable bonds is 6. The average molecular weight is 570 g/mol. The molecule has 2 saturated heterocycles. The van der Waals surface area contributed by atoms with E-state index in [1.165, 1.54) is 6.07 Å². The van der Waals surface area contributed by atoms with Crippen LogP contribution in [0, 0.1) is 0 Å². The van der Waals surface area contributed by atoms with Crippen molar-refractivity contribution in [2.75, 3.05) is 31.1 Å². The minimum atomic E-state index is -4.44. The molecule has 1 spiro atoms. The number of ether oxygens (including phenoxy) is 2. The second-order valence-electron chi connectivity index (χ2n) is 10.3. The summed E-state index contributed by atoms with van der Waals surface area (Å²) in [5, 5.41) is 8.77. The first-order valence-corrected chi connectivity index (χ1v) is 13.1. The van der Waals surface area contributed by atoms with Crippen molar-refractivity contribution in [3.05, 3.63) is 65.7 Å². The number of carboxylic acids is 1. The number of aromatic amines is 1. The summed E-state index contributed by atoms with van der Waals surface area (Å²) in [5.41, 5.74) is 0.854. The summed E-state index contributed by atoms with van der Waals surface area (Å²) in [4.78, 5) is 39.1. The van der Waals surface area contributed by atoms with Gasteiger partial charge in [-0.2, -0.15) is 13.2 Å². The summed E-state index contributed by atoms with van der Waals surface area (Å²) in [6, 6.07) is 7.08. The molecule has 2 aliphatic heterocycles. The van der Waals surface area contributed by atoms with E-state index >= 15 is 0 Å². The summed E-state index contributed by atoms with van der Waals surface area (Å²) < 4.78 is 50.2. The summed E-state index contributed by atoms with van der Waals surface area (Å²) in [6.45, 7) is 1.30. The minimum absolute atomic E-state index is 0.229. The van der Waals surface area contributed by atoms with Gasteiger partial charge in [-0.3, -0.25) is 4.90 Å². The van der Waals surface area contributed by atoms with Crippen LogP contribution < -0.4 is 4.90 Å². The van der Waals surface area contributed by atoms with E-state index in [1.54, 1.807) is 23.2 Å². The third kappa shape index (κ3) is 5.43. The van der Waals surface area contributed by atoms with Gasteiger partial charge in [0.2, 0.25) is 0 Å². The number of amides is 1. The highest BCUT2D eigenvalue weighted by molar-refractivity contribution is 5.80. The van der Waals surface area contributed by atoms with E-state index < -0.39 is 29.9 Å². The smallest absolute Gasteiger partial charge is 0.416 e. The molecule has 1 aliphatic carbocycles. The lowest BCUT2D eigenvalue weighted by atomic mass is 9.91. The molecule has 0 unspecified atom stereocenters. The molecule has 6 rings (SSSR count). The SMILES string of the molecule is O=C(O)COC1=CC=C(N2CC3(CCN(c4ccc(-c5nc6cc(C(F)(F)F)ccc6[nH]5)cn4)CC3)OC2=O)CC1. The van der Waals surface area contributed by atoms with Gasteiger partial charge >= 0.3 is 18.2 Å². The maximum absolute atomic E-state index is 13.0. The van der Waals surface area contributed by atoms with Crippen molar-refractivity contribution in [2.45, 2.75) is 37.5 Å². The molecule has 1 aromatic carbocycles. The molecular weight excluding hydrogens is 543 g/mol. The number of nitrogens with zero attached hydrogens (tertiary/aromatic N) is 4. The van der Waals surface area contributed by atoms with Crippen molar-refractivity contribution >= 4 is 28.9 Å². The fraction of sp³-hybridized carbons (Fsp3) is 0.357. The molecule has 214 valence electrons. The van der Waals surface area contributed by atoms with Gasteiger partial charge in [-0.15, -0.1) is 0 Å². The number of fused-ring (bicyclic) bond motifs is 1. The Morgan fingerprint density at radius 2 is 1.95 bits per heavy atom. The molecule has 3 aliphatic rings. The second kappa shape index (κ2) is 10.1. The number of allylic oxidation sites excluding steroid dienone is 4. The largest absolute Gasteiger partial charge is 0.486 e. The van der Waals surface area contributed by atoms with Gasteiger partial charge in [0.15, 0.2) is 6.61 Å². The van der Waals surface area contributed by atoms with E-state index in [4.69, 9.17) is 14.6 Å². The number of alkyl halides is 3. The predicted octanol–water partition coefficient (Wildman–Crippen LogP) is 5.10. The Morgan fingerprint density at radius 1 is 1.15 bits per heavy atom. The van der Waals surface area contributed by atoms with E-state index in [0.29, 0.717) is 68.0 Å². The first-order chi connectivity index (χ1) is 19.6. The summed E-state index contributed by atoms with van der Waals surface area (Å²) in [7, 11) is 0. The van der Waals surface area contributed by atoms with Crippen LogP contribution in [0.25, 0.3) is 22.4 Å². The Kier molecular flexibility index (Phi) is 6.59. The van der Waals surface area contributed by atoms with Gasteiger partial charge in [-0.05, 0) is 48.9 Å². The number of piperidine rings is 1. The molecule has 0 atom stereocenters. The number of nitrogens with one attached hydrogen (secondary N) is 1. The fourth-order valence-electron chi connectivity index (χ4n) is 5.39. The Hall–Kier alpha value is -4.55. The first kappa shape index (κ1) is 26.7. The number of H-pyrrole nitrogens is 1. The number of carboxylic acid groups (broad SMARTS) is 1. The summed E-state index contributed by atoms with van der Waals surface area (Å²) in [6.07, 6.45) is 2.59. The second-order valence-corrected chi connectivity index (χ2v) is 10.3. The highest BCUT2D eigenvalue weighted by atomic mass is 19.4. The molecular formula is C28H26F3N5O5. The third-order valence-corrected chi connectivity index (χ3v) is 7.62. The van der Waals surface area contributed by atoms with Crippen molar-refractivity contribution < 1.29 is 37.3 Å². The zero-order valence-electron chi connectivity index (χ0n) is 21.8. The molecule has 0 radical (unpaired) electrons. The van der Waals surface area contributed by atoms with Crippen molar-refractivity contribution in [2.24, 2.45) is 0 Å². The fourth-order valence-corrected chi connectivity index (χ4v) is 5.39. The van der Waals surface area contributed by atoms with Gasteiger partial charge < -0.3 is 24.5 Å². The van der Waals surface area contributed by atoms with Crippen LogP contribution in [0.2, 0.25) is 0 Å². The van der Waals surface area contributed by atoms with Crippen LogP contribution in [-0.4, -0.2) is 68.9 Å². The van der Waals surface area contributed by atoms with E-state index in [9.17, 15) is 22.8 Å². The van der Waals surface area contributed by atoms with Crippen molar-refractivity contribution in [3.63, 3.8) is 0 Å². The van der Waals surface area contributed by atoms with E-state index in [-0.39, 0.29) is 11.6 Å². The molecule has 10 nitrogen and oxygen atoms in total. The van der Waals surface area contributed by atoms with Crippen LogP contribution >= 0.6 is 0 Å².